The van der Waals surface area contributed by atoms with E-state index in [0.29, 0.717) is 12.0 Å². The van der Waals surface area contributed by atoms with Crippen LogP contribution in [0.5, 0.6) is 0 Å². The van der Waals surface area contributed by atoms with Crippen molar-refractivity contribution < 1.29 is 0 Å². The van der Waals surface area contributed by atoms with Crippen LogP contribution in [-0.2, 0) is 6.54 Å². The molecule has 9 heteroatoms. The number of nitrogens with zero attached hydrogens (tertiary/aromatic N) is 7. The lowest BCUT2D eigenvalue weighted by atomic mass is 10.1. The van der Waals surface area contributed by atoms with E-state index in [-0.39, 0.29) is 0 Å². The summed E-state index contributed by atoms with van der Waals surface area (Å²) >= 11 is 0. The van der Waals surface area contributed by atoms with E-state index in [1.54, 1.807) is 0 Å². The molecule has 200 valence electrons. The van der Waals surface area contributed by atoms with E-state index in [0.717, 1.165) is 68.4 Å². The van der Waals surface area contributed by atoms with Gasteiger partial charge >= 0.3 is 0 Å². The van der Waals surface area contributed by atoms with Crippen LogP contribution in [0.25, 0.3) is 11.2 Å². The van der Waals surface area contributed by atoms with Crippen LogP contribution in [0, 0.1) is 0 Å². The molecule has 1 saturated heterocycles. The predicted molar refractivity (Wildman–Crippen MR) is 152 cm³/mol. The number of likely N-dealkylation sites (N-methyl/N-ethyl adjacent to an activating group) is 1. The van der Waals surface area contributed by atoms with Crippen molar-refractivity contribution in [1.29, 1.82) is 0 Å². The van der Waals surface area contributed by atoms with E-state index in [1.807, 2.05) is 6.33 Å². The summed E-state index contributed by atoms with van der Waals surface area (Å²) in [5, 5.41) is 7.00. The molecule has 1 aliphatic heterocycles. The average molecular weight is 506 g/mol. The molecule has 2 aliphatic rings. The number of aromatic nitrogens is 4. The van der Waals surface area contributed by atoms with Gasteiger partial charge in [-0.3, -0.25) is 4.90 Å². The number of nitrogens with one attached hydrogen (secondary N) is 2. The molecule has 5 rings (SSSR count). The smallest absolute Gasteiger partial charge is 0.226 e. The summed E-state index contributed by atoms with van der Waals surface area (Å²) in [5.41, 5.74) is 4.12. The lowest BCUT2D eigenvalue weighted by Crippen LogP contribution is -2.45. The van der Waals surface area contributed by atoms with Gasteiger partial charge in [-0.1, -0.05) is 31.9 Å². The van der Waals surface area contributed by atoms with Crippen molar-refractivity contribution in [2.24, 2.45) is 0 Å². The maximum atomic E-state index is 4.90. The van der Waals surface area contributed by atoms with Crippen molar-refractivity contribution in [3.63, 3.8) is 0 Å². The quantitative estimate of drug-likeness (QED) is 0.376. The second-order valence-corrected chi connectivity index (χ2v) is 10.8. The van der Waals surface area contributed by atoms with Gasteiger partial charge in [0, 0.05) is 51.0 Å². The van der Waals surface area contributed by atoms with Gasteiger partial charge in [-0.25, -0.2) is 4.98 Å². The van der Waals surface area contributed by atoms with Crippen molar-refractivity contribution in [1.82, 2.24) is 34.2 Å². The Hall–Kier alpha value is -2.75. The molecule has 0 atom stereocenters. The molecule has 9 nitrogen and oxygen atoms in total. The SMILES string of the molecule is CCN1CCN(Cc2ccc(Nc3nc(NCCCN(C)C)nc4c3ncn4C3CCCC3)cc2)CC1. The monoisotopic (exact) mass is 505 g/mol. The molecule has 0 radical (unpaired) electrons. The summed E-state index contributed by atoms with van der Waals surface area (Å²) in [4.78, 5) is 21.8. The molecule has 3 heterocycles. The van der Waals surface area contributed by atoms with Gasteiger partial charge < -0.3 is 25.0 Å². The third-order valence-corrected chi connectivity index (χ3v) is 7.74. The van der Waals surface area contributed by atoms with Gasteiger partial charge in [0.05, 0.1) is 6.33 Å². The summed E-state index contributed by atoms with van der Waals surface area (Å²) in [5.74, 6) is 1.43. The zero-order valence-corrected chi connectivity index (χ0v) is 22.8. The second-order valence-electron chi connectivity index (χ2n) is 10.8. The Morgan fingerprint density at radius 3 is 2.41 bits per heavy atom. The largest absolute Gasteiger partial charge is 0.354 e. The highest BCUT2D eigenvalue weighted by atomic mass is 15.3. The molecule has 1 saturated carbocycles. The molecule has 2 N–H and O–H groups in total. The number of hydrogen-bond acceptors (Lipinski definition) is 8. The Balaban J connectivity index is 1.31. The molecule has 1 aliphatic carbocycles. The molecule has 0 amide bonds. The molecule has 0 unspecified atom stereocenters. The molecular formula is C28H43N9. The topological polar surface area (TPSA) is 77.4 Å². The van der Waals surface area contributed by atoms with Gasteiger partial charge in [0.1, 0.15) is 0 Å². The minimum atomic E-state index is 0.479. The van der Waals surface area contributed by atoms with Crippen molar-refractivity contribution in [3.05, 3.63) is 36.2 Å². The van der Waals surface area contributed by atoms with Crippen LogP contribution in [0.3, 0.4) is 0 Å². The van der Waals surface area contributed by atoms with Crippen molar-refractivity contribution >= 4 is 28.6 Å². The van der Waals surface area contributed by atoms with Crippen LogP contribution in [0.2, 0.25) is 0 Å². The zero-order chi connectivity index (χ0) is 25.6. The first-order chi connectivity index (χ1) is 18.1. The number of anilines is 3. The fourth-order valence-corrected chi connectivity index (χ4v) is 5.48. The van der Waals surface area contributed by atoms with E-state index in [1.165, 1.54) is 44.3 Å². The van der Waals surface area contributed by atoms with Crippen molar-refractivity contribution in [3.8, 4) is 0 Å². The summed E-state index contributed by atoms with van der Waals surface area (Å²) in [6, 6.07) is 9.25. The Morgan fingerprint density at radius 1 is 0.973 bits per heavy atom. The fraction of sp³-hybridized carbons (Fsp3) is 0.607. The lowest BCUT2D eigenvalue weighted by molar-refractivity contribution is 0.132. The Bertz CT molecular complexity index is 1130. The van der Waals surface area contributed by atoms with Gasteiger partial charge in [0.15, 0.2) is 17.0 Å². The predicted octanol–water partition coefficient (Wildman–Crippen LogP) is 4.19. The Morgan fingerprint density at radius 2 is 1.70 bits per heavy atom. The summed E-state index contributed by atoms with van der Waals surface area (Å²) in [6.07, 6.45) is 7.93. The minimum Gasteiger partial charge on any atom is -0.354 e. The maximum Gasteiger partial charge on any atom is 0.226 e. The first-order valence-electron chi connectivity index (χ1n) is 14.0. The molecular weight excluding hydrogens is 462 g/mol. The number of imidazole rings is 1. The summed E-state index contributed by atoms with van der Waals surface area (Å²) in [6.45, 7) is 10.9. The van der Waals surface area contributed by atoms with Crippen LogP contribution in [0.4, 0.5) is 17.5 Å². The summed E-state index contributed by atoms with van der Waals surface area (Å²) < 4.78 is 2.27. The van der Waals surface area contributed by atoms with Crippen LogP contribution < -0.4 is 10.6 Å². The molecule has 2 aromatic heterocycles. The first-order valence-corrected chi connectivity index (χ1v) is 14.0. The normalized spacial score (nSPS) is 17.7. The molecule has 2 fully saturated rings. The molecule has 0 bridgehead atoms. The summed E-state index contributed by atoms with van der Waals surface area (Å²) in [7, 11) is 4.20. The molecule has 37 heavy (non-hydrogen) atoms. The van der Waals surface area contributed by atoms with Crippen LogP contribution in [0.1, 0.15) is 50.6 Å². The maximum absolute atomic E-state index is 4.90. The van der Waals surface area contributed by atoms with E-state index < -0.39 is 0 Å². The number of piperazine rings is 1. The van der Waals surface area contributed by atoms with Gasteiger partial charge in [-0.05, 0) is 64.1 Å². The van der Waals surface area contributed by atoms with Crippen LogP contribution >= 0.6 is 0 Å². The van der Waals surface area contributed by atoms with E-state index >= 15 is 0 Å². The zero-order valence-electron chi connectivity index (χ0n) is 22.8. The number of rotatable bonds is 11. The van der Waals surface area contributed by atoms with Gasteiger partial charge in [-0.15, -0.1) is 0 Å². The Labute approximate surface area is 221 Å². The number of hydrogen-bond donors (Lipinski definition) is 2. The van der Waals surface area contributed by atoms with Gasteiger partial charge in [0.25, 0.3) is 0 Å². The number of benzene rings is 1. The first kappa shape index (κ1) is 25.9. The third-order valence-electron chi connectivity index (χ3n) is 7.74. The van der Waals surface area contributed by atoms with Crippen molar-refractivity contribution in [2.75, 3.05) is 70.5 Å². The highest BCUT2D eigenvalue weighted by Crippen LogP contribution is 2.33. The standard InChI is InChI=1S/C28H43N9/c1-4-35-16-18-36(19-17-35)20-22-10-12-23(13-11-22)31-26-25-27(37(21-30-25)24-8-5-6-9-24)33-28(32-26)29-14-7-15-34(2)3/h10-13,21,24H,4-9,14-20H2,1-3H3,(H2,29,31,32,33). The van der Waals surface area contributed by atoms with E-state index in [2.05, 4.69) is 75.2 Å². The lowest BCUT2D eigenvalue weighted by Gasteiger charge is -2.34. The van der Waals surface area contributed by atoms with E-state index in [9.17, 15) is 0 Å². The second kappa shape index (κ2) is 12.2. The van der Waals surface area contributed by atoms with Crippen LogP contribution in [0.15, 0.2) is 30.6 Å². The number of fused-ring (bicyclic) bond motifs is 1. The van der Waals surface area contributed by atoms with Gasteiger partial charge in [-0.2, -0.15) is 9.97 Å². The fourth-order valence-electron chi connectivity index (χ4n) is 5.48. The van der Waals surface area contributed by atoms with Crippen molar-refractivity contribution in [2.45, 2.75) is 51.6 Å². The minimum absolute atomic E-state index is 0.479. The highest BCUT2D eigenvalue weighted by molar-refractivity contribution is 5.86. The third kappa shape index (κ3) is 6.58. The molecule has 3 aromatic rings. The Kier molecular flexibility index (Phi) is 8.53. The molecule has 0 spiro atoms. The van der Waals surface area contributed by atoms with E-state index in [4.69, 9.17) is 15.0 Å². The highest BCUT2D eigenvalue weighted by Gasteiger charge is 2.22. The van der Waals surface area contributed by atoms with Crippen LogP contribution in [-0.4, -0.2) is 94.1 Å². The average Bonchev–Trinajstić information content (AvgIpc) is 3.58. The molecule has 1 aromatic carbocycles. The van der Waals surface area contributed by atoms with Gasteiger partial charge in [0.2, 0.25) is 5.95 Å².